The molecule has 0 saturated carbocycles. The quantitative estimate of drug-likeness (QED) is 0.605. The van der Waals surface area contributed by atoms with Crippen LogP contribution in [0.3, 0.4) is 0 Å². The van der Waals surface area contributed by atoms with Crippen molar-refractivity contribution in [2.24, 2.45) is 0 Å². The van der Waals surface area contributed by atoms with Crippen LogP contribution in [0.15, 0.2) is 47.2 Å². The minimum absolute atomic E-state index is 0.0539. The average molecular weight is 394 g/mol. The number of nitrogens with one attached hydrogen (secondary N) is 2. The molecule has 0 saturated heterocycles. The minimum atomic E-state index is -0.457. The molecule has 4 N–H and O–H groups in total. The van der Waals surface area contributed by atoms with Crippen molar-refractivity contribution in [1.82, 2.24) is 15.1 Å². The van der Waals surface area contributed by atoms with Gasteiger partial charge in [-0.3, -0.25) is 9.59 Å². The van der Waals surface area contributed by atoms with E-state index in [9.17, 15) is 9.59 Å². The summed E-state index contributed by atoms with van der Waals surface area (Å²) in [6, 6.07) is 8.60. The molecule has 0 unspecified atom stereocenters. The van der Waals surface area contributed by atoms with Crippen molar-refractivity contribution in [1.29, 1.82) is 0 Å². The Morgan fingerprint density at radius 1 is 1.07 bits per heavy atom. The summed E-state index contributed by atoms with van der Waals surface area (Å²) in [6.45, 7) is 5.99. The fourth-order valence-electron chi connectivity index (χ4n) is 2.48. The van der Waals surface area contributed by atoms with Gasteiger partial charge in [0.05, 0.1) is 6.42 Å². The molecule has 0 atom stereocenters. The molecule has 0 aliphatic rings. The van der Waals surface area contributed by atoms with Crippen LogP contribution >= 0.6 is 0 Å². The van der Waals surface area contributed by atoms with Gasteiger partial charge in [0.2, 0.25) is 5.91 Å². The number of anilines is 3. The summed E-state index contributed by atoms with van der Waals surface area (Å²) in [5.41, 5.74) is 6.85. The Hall–Kier alpha value is -3.75. The number of carbonyl (C=O) groups excluding carboxylic acids is 2. The lowest BCUT2D eigenvalue weighted by atomic mass is 9.93. The Morgan fingerprint density at radius 3 is 2.38 bits per heavy atom. The molecule has 3 rings (SSSR count). The van der Waals surface area contributed by atoms with E-state index in [1.165, 1.54) is 12.4 Å². The zero-order valence-corrected chi connectivity index (χ0v) is 16.4. The van der Waals surface area contributed by atoms with Crippen LogP contribution in [0.4, 0.5) is 17.3 Å². The van der Waals surface area contributed by atoms with Crippen molar-refractivity contribution < 1.29 is 14.1 Å². The summed E-state index contributed by atoms with van der Waals surface area (Å²) in [5.74, 6) is 0.451. The molecule has 2 amide bonds. The highest BCUT2D eigenvalue weighted by Gasteiger charge is 2.20. The van der Waals surface area contributed by atoms with Crippen LogP contribution in [0.1, 0.15) is 42.6 Å². The maximum atomic E-state index is 12.2. The molecule has 0 aliphatic carbocycles. The molecule has 29 heavy (non-hydrogen) atoms. The van der Waals surface area contributed by atoms with Crippen molar-refractivity contribution in [3.05, 3.63) is 59.7 Å². The normalized spacial score (nSPS) is 11.1. The van der Waals surface area contributed by atoms with Gasteiger partial charge in [-0.25, -0.2) is 9.97 Å². The molecule has 0 fully saturated rings. The first-order valence-corrected chi connectivity index (χ1v) is 8.96. The number of hydrogen-bond donors (Lipinski definition) is 3. The number of hydrogen-bond acceptors (Lipinski definition) is 7. The zero-order valence-electron chi connectivity index (χ0n) is 16.4. The number of carbonyl (C=O) groups is 2. The van der Waals surface area contributed by atoms with Gasteiger partial charge in [-0.05, 0) is 17.7 Å². The van der Waals surface area contributed by atoms with E-state index in [0.29, 0.717) is 17.3 Å². The van der Waals surface area contributed by atoms with Crippen molar-refractivity contribution in [2.45, 2.75) is 32.6 Å². The largest absolute Gasteiger partial charge is 0.382 e. The van der Waals surface area contributed by atoms with Gasteiger partial charge in [-0.1, -0.05) is 38.1 Å². The summed E-state index contributed by atoms with van der Waals surface area (Å²) in [6.07, 6.45) is 2.96. The molecule has 9 heteroatoms. The Balaban J connectivity index is 1.57. The fraction of sp³-hybridized carbons (Fsp3) is 0.250. The first-order chi connectivity index (χ1) is 13.7. The van der Waals surface area contributed by atoms with E-state index in [1.807, 2.05) is 20.8 Å². The third-order valence-electron chi connectivity index (χ3n) is 4.03. The third-order valence-corrected chi connectivity index (χ3v) is 4.03. The molecule has 2 aromatic heterocycles. The summed E-state index contributed by atoms with van der Waals surface area (Å²) in [5, 5.41) is 9.28. The number of aromatic nitrogens is 3. The summed E-state index contributed by atoms with van der Waals surface area (Å²) < 4.78 is 5.25. The number of nitrogens with two attached hydrogens (primary N) is 1. The van der Waals surface area contributed by atoms with E-state index < -0.39 is 5.91 Å². The Labute approximate surface area is 167 Å². The highest BCUT2D eigenvalue weighted by Crippen LogP contribution is 2.24. The standard InChI is InChI=1S/C20H22N6O3/c1-20(2,3)14-11-15(26-29-14)25-16(27)10-12-4-6-13(7-5-12)24-19(28)17-18(21)23-9-8-22-17/h4-9,11H,10H2,1-3H3,(H2,21,23)(H,24,28)(H,25,26,27). The first kappa shape index (κ1) is 20.0. The lowest BCUT2D eigenvalue weighted by Crippen LogP contribution is -2.17. The van der Waals surface area contributed by atoms with E-state index in [4.69, 9.17) is 10.3 Å². The van der Waals surface area contributed by atoms with Gasteiger partial charge < -0.3 is 20.9 Å². The first-order valence-electron chi connectivity index (χ1n) is 8.96. The second-order valence-electron chi connectivity index (χ2n) is 7.49. The molecular formula is C20H22N6O3. The van der Waals surface area contributed by atoms with Gasteiger partial charge in [0.1, 0.15) is 5.76 Å². The number of nitrogen functional groups attached to an aromatic ring is 1. The van der Waals surface area contributed by atoms with Crippen LogP contribution < -0.4 is 16.4 Å². The molecule has 150 valence electrons. The maximum Gasteiger partial charge on any atom is 0.278 e. The summed E-state index contributed by atoms with van der Waals surface area (Å²) in [4.78, 5) is 32.2. The van der Waals surface area contributed by atoms with Gasteiger partial charge in [0, 0.05) is 29.6 Å². The van der Waals surface area contributed by atoms with Crippen LogP contribution in [0, 0.1) is 0 Å². The summed E-state index contributed by atoms with van der Waals surface area (Å²) in [7, 11) is 0. The van der Waals surface area contributed by atoms with Crippen molar-refractivity contribution >= 4 is 29.1 Å². The Morgan fingerprint density at radius 2 is 1.76 bits per heavy atom. The van der Waals surface area contributed by atoms with E-state index in [1.54, 1.807) is 30.3 Å². The lowest BCUT2D eigenvalue weighted by molar-refractivity contribution is -0.115. The van der Waals surface area contributed by atoms with Crippen LogP contribution in [-0.4, -0.2) is 26.9 Å². The Kier molecular flexibility index (Phi) is 5.58. The minimum Gasteiger partial charge on any atom is -0.382 e. The highest BCUT2D eigenvalue weighted by atomic mass is 16.5. The zero-order chi connectivity index (χ0) is 21.0. The van der Waals surface area contributed by atoms with Gasteiger partial charge in [0.25, 0.3) is 5.91 Å². The van der Waals surface area contributed by atoms with Crippen LogP contribution in [-0.2, 0) is 16.6 Å². The second-order valence-corrected chi connectivity index (χ2v) is 7.49. The number of benzene rings is 1. The topological polar surface area (TPSA) is 136 Å². The monoisotopic (exact) mass is 394 g/mol. The molecule has 0 bridgehead atoms. The molecule has 0 spiro atoms. The molecule has 1 aromatic carbocycles. The van der Waals surface area contributed by atoms with Gasteiger partial charge >= 0.3 is 0 Å². The fourth-order valence-corrected chi connectivity index (χ4v) is 2.48. The smallest absolute Gasteiger partial charge is 0.278 e. The van der Waals surface area contributed by atoms with E-state index in [-0.39, 0.29) is 29.3 Å². The average Bonchev–Trinajstić information content (AvgIpc) is 3.12. The van der Waals surface area contributed by atoms with E-state index in [0.717, 1.165) is 5.56 Å². The van der Waals surface area contributed by atoms with Gasteiger partial charge in [-0.2, -0.15) is 0 Å². The number of rotatable bonds is 5. The number of amides is 2. The molecule has 3 aromatic rings. The predicted octanol–water partition coefficient (Wildman–Crippen LogP) is 2.78. The predicted molar refractivity (Wildman–Crippen MR) is 108 cm³/mol. The van der Waals surface area contributed by atoms with Crippen LogP contribution in [0.2, 0.25) is 0 Å². The SMILES string of the molecule is CC(C)(C)c1cc(NC(=O)Cc2ccc(NC(=O)c3nccnc3N)cc2)no1. The van der Waals surface area contributed by atoms with E-state index >= 15 is 0 Å². The molecule has 2 heterocycles. The van der Waals surface area contributed by atoms with Crippen LogP contribution in [0.25, 0.3) is 0 Å². The van der Waals surface area contributed by atoms with Gasteiger partial charge in [0.15, 0.2) is 17.3 Å². The molecule has 9 nitrogen and oxygen atoms in total. The van der Waals surface area contributed by atoms with Gasteiger partial charge in [-0.15, -0.1) is 0 Å². The highest BCUT2D eigenvalue weighted by molar-refractivity contribution is 6.05. The number of nitrogens with zero attached hydrogens (tertiary/aromatic N) is 3. The molecule has 0 radical (unpaired) electrons. The second kappa shape index (κ2) is 8.09. The summed E-state index contributed by atoms with van der Waals surface area (Å²) >= 11 is 0. The lowest BCUT2D eigenvalue weighted by Gasteiger charge is -2.12. The van der Waals surface area contributed by atoms with Crippen molar-refractivity contribution in [2.75, 3.05) is 16.4 Å². The molecule has 0 aliphatic heterocycles. The van der Waals surface area contributed by atoms with E-state index in [2.05, 4.69) is 25.8 Å². The van der Waals surface area contributed by atoms with Crippen molar-refractivity contribution in [3.63, 3.8) is 0 Å². The van der Waals surface area contributed by atoms with Crippen molar-refractivity contribution in [3.8, 4) is 0 Å². The van der Waals surface area contributed by atoms with Crippen LogP contribution in [0.5, 0.6) is 0 Å². The maximum absolute atomic E-state index is 12.2. The Bertz CT molecular complexity index is 1020. The third kappa shape index (κ3) is 5.16. The molecular weight excluding hydrogens is 372 g/mol.